The predicted octanol–water partition coefficient (Wildman–Crippen LogP) is 1.09. The van der Waals surface area contributed by atoms with Gasteiger partial charge in [0.05, 0.1) is 16.2 Å². The van der Waals surface area contributed by atoms with Crippen molar-refractivity contribution < 1.29 is 29.3 Å². The Kier molecular flexibility index (Phi) is 8.70. The molecule has 3 atom stereocenters. The maximum Gasteiger partial charge on any atom is 0.248 e. The number of halogens is 1. The van der Waals surface area contributed by atoms with Gasteiger partial charge >= 0.3 is 0 Å². The number of nitrogens with one attached hydrogen (secondary N) is 1. The van der Waals surface area contributed by atoms with Gasteiger partial charge in [0.1, 0.15) is 24.6 Å². The van der Waals surface area contributed by atoms with Gasteiger partial charge in [0, 0.05) is 32.2 Å². The molecule has 0 aliphatic heterocycles. The number of aliphatic hydroxyl groups excluding tert-OH is 2. The number of hydrogen-bond acceptors (Lipinski definition) is 6. The zero-order valence-electron chi connectivity index (χ0n) is 17.5. The number of methoxy groups -OCH3 is 1. The maximum absolute atomic E-state index is 12.8. The Balaban J connectivity index is 1.89. The molecular weight excluding hydrogens is 515 g/mol. The molecule has 2 aliphatic carbocycles. The van der Waals surface area contributed by atoms with Crippen molar-refractivity contribution in [2.45, 2.75) is 37.5 Å². The van der Waals surface area contributed by atoms with Crippen molar-refractivity contribution in [2.75, 3.05) is 33.4 Å². The molecule has 170 valence electrons. The lowest BCUT2D eigenvalue weighted by Gasteiger charge is -2.40. The van der Waals surface area contributed by atoms with Crippen LogP contribution in [0.4, 0.5) is 0 Å². The van der Waals surface area contributed by atoms with Crippen LogP contribution in [0, 0.1) is 9.49 Å². The molecule has 31 heavy (non-hydrogen) atoms. The standard InChI is InChI=1S/C22H29IN2O6/c1-30-13-20(27)25(12-14-6-7-14)17-10-15(22(29)24-8-9-26)11-19(21(17)28)31-18-5-3-2-4-16(18)23/h2-5,11,14,17,19,21,26,28H,6-10,12-13H2,1H3,(H,24,29). The normalized spacial score (nSPS) is 23.1. The van der Waals surface area contributed by atoms with E-state index in [-0.39, 0.29) is 38.0 Å². The fourth-order valence-corrected chi connectivity index (χ4v) is 4.19. The molecule has 3 N–H and O–H groups in total. The molecule has 0 heterocycles. The van der Waals surface area contributed by atoms with E-state index < -0.39 is 18.2 Å². The summed E-state index contributed by atoms with van der Waals surface area (Å²) in [6.07, 6.45) is 2.09. The Morgan fingerprint density at radius 3 is 2.68 bits per heavy atom. The van der Waals surface area contributed by atoms with E-state index >= 15 is 0 Å². The van der Waals surface area contributed by atoms with Crippen LogP contribution in [0.25, 0.3) is 0 Å². The van der Waals surface area contributed by atoms with Crippen molar-refractivity contribution in [2.24, 2.45) is 5.92 Å². The minimum atomic E-state index is -1.01. The minimum absolute atomic E-state index is 0.0895. The highest BCUT2D eigenvalue weighted by molar-refractivity contribution is 14.1. The van der Waals surface area contributed by atoms with E-state index in [1.807, 2.05) is 18.2 Å². The van der Waals surface area contributed by atoms with Crippen LogP contribution in [0.15, 0.2) is 35.9 Å². The van der Waals surface area contributed by atoms with Gasteiger partial charge in [-0.05, 0) is 59.6 Å². The first-order valence-electron chi connectivity index (χ1n) is 10.4. The second-order valence-corrected chi connectivity index (χ2v) is 9.03. The third kappa shape index (κ3) is 6.41. The fraction of sp³-hybridized carbons (Fsp3) is 0.545. The van der Waals surface area contributed by atoms with Gasteiger partial charge in [-0.3, -0.25) is 9.59 Å². The summed E-state index contributed by atoms with van der Waals surface area (Å²) in [4.78, 5) is 27.1. The molecule has 0 saturated heterocycles. The Labute approximate surface area is 195 Å². The lowest BCUT2D eigenvalue weighted by atomic mass is 9.88. The summed E-state index contributed by atoms with van der Waals surface area (Å²) < 4.78 is 12.0. The second-order valence-electron chi connectivity index (χ2n) is 7.87. The van der Waals surface area contributed by atoms with Crippen LogP contribution in [0.1, 0.15) is 19.3 Å². The minimum Gasteiger partial charge on any atom is -0.482 e. The van der Waals surface area contributed by atoms with Crippen LogP contribution in [0.5, 0.6) is 5.75 Å². The fourth-order valence-electron chi connectivity index (χ4n) is 3.67. The van der Waals surface area contributed by atoms with Crippen LogP contribution in [-0.2, 0) is 14.3 Å². The van der Waals surface area contributed by atoms with Gasteiger partial charge in [-0.15, -0.1) is 0 Å². The first-order valence-corrected chi connectivity index (χ1v) is 11.5. The Bertz CT molecular complexity index is 813. The van der Waals surface area contributed by atoms with Gasteiger partial charge in [-0.1, -0.05) is 12.1 Å². The van der Waals surface area contributed by atoms with E-state index in [1.54, 1.807) is 17.0 Å². The van der Waals surface area contributed by atoms with Crippen molar-refractivity contribution >= 4 is 34.4 Å². The number of rotatable bonds is 10. The molecular formula is C22H29IN2O6. The van der Waals surface area contributed by atoms with E-state index in [2.05, 4.69) is 27.9 Å². The highest BCUT2D eigenvalue weighted by Crippen LogP contribution is 2.34. The summed E-state index contributed by atoms with van der Waals surface area (Å²) in [6.45, 7) is 0.381. The Morgan fingerprint density at radius 2 is 2.03 bits per heavy atom. The monoisotopic (exact) mass is 544 g/mol. The molecule has 1 aromatic rings. The lowest BCUT2D eigenvalue weighted by Crippen LogP contribution is -2.56. The van der Waals surface area contributed by atoms with Crippen molar-refractivity contribution in [1.29, 1.82) is 0 Å². The molecule has 3 rings (SSSR count). The van der Waals surface area contributed by atoms with E-state index in [9.17, 15) is 14.7 Å². The van der Waals surface area contributed by atoms with Gasteiger partial charge in [-0.25, -0.2) is 0 Å². The molecule has 1 saturated carbocycles. The summed E-state index contributed by atoms with van der Waals surface area (Å²) >= 11 is 2.15. The van der Waals surface area contributed by atoms with E-state index in [0.717, 1.165) is 16.4 Å². The quantitative estimate of drug-likeness (QED) is 0.381. The van der Waals surface area contributed by atoms with E-state index in [1.165, 1.54) is 7.11 Å². The van der Waals surface area contributed by atoms with Crippen LogP contribution < -0.4 is 10.1 Å². The molecule has 1 fully saturated rings. The molecule has 0 aromatic heterocycles. The van der Waals surface area contributed by atoms with Gasteiger partial charge in [0.15, 0.2) is 0 Å². The number of carbonyl (C=O) groups excluding carboxylic acids is 2. The van der Waals surface area contributed by atoms with E-state index in [0.29, 0.717) is 23.8 Å². The average molecular weight is 544 g/mol. The lowest BCUT2D eigenvalue weighted by molar-refractivity contribution is -0.142. The summed E-state index contributed by atoms with van der Waals surface area (Å²) in [5.41, 5.74) is 0.422. The largest absolute Gasteiger partial charge is 0.482 e. The van der Waals surface area contributed by atoms with E-state index in [4.69, 9.17) is 14.6 Å². The number of benzene rings is 1. The topological polar surface area (TPSA) is 108 Å². The number of nitrogens with zero attached hydrogens (tertiary/aromatic N) is 1. The summed E-state index contributed by atoms with van der Waals surface area (Å²) in [6, 6.07) is 6.80. The first-order chi connectivity index (χ1) is 14.9. The summed E-state index contributed by atoms with van der Waals surface area (Å²) in [7, 11) is 1.46. The summed E-state index contributed by atoms with van der Waals surface area (Å²) in [5.74, 6) is 0.438. The Hall–Kier alpha value is -1.69. The van der Waals surface area contributed by atoms with Gasteiger partial charge in [-0.2, -0.15) is 0 Å². The molecule has 0 radical (unpaired) electrons. The van der Waals surface area contributed by atoms with Crippen LogP contribution in [0.2, 0.25) is 0 Å². The van der Waals surface area contributed by atoms with Crippen LogP contribution >= 0.6 is 22.6 Å². The third-order valence-corrected chi connectivity index (χ3v) is 6.35. The molecule has 2 aliphatic rings. The number of aliphatic hydroxyl groups is 2. The number of para-hydroxylation sites is 1. The average Bonchev–Trinajstić information content (AvgIpc) is 3.58. The molecule has 8 nitrogen and oxygen atoms in total. The van der Waals surface area contributed by atoms with Crippen LogP contribution in [-0.4, -0.2) is 78.6 Å². The van der Waals surface area contributed by atoms with Gasteiger partial charge in [0.25, 0.3) is 0 Å². The molecule has 1 aromatic carbocycles. The highest BCUT2D eigenvalue weighted by Gasteiger charge is 2.42. The molecule has 0 bridgehead atoms. The molecule has 9 heteroatoms. The van der Waals surface area contributed by atoms with Crippen molar-refractivity contribution in [3.8, 4) is 5.75 Å². The molecule has 0 spiro atoms. The number of amides is 2. The van der Waals surface area contributed by atoms with Crippen molar-refractivity contribution in [3.63, 3.8) is 0 Å². The third-order valence-electron chi connectivity index (χ3n) is 5.45. The molecule has 3 unspecified atom stereocenters. The first kappa shape index (κ1) is 24.0. The number of carbonyl (C=O) groups is 2. The smallest absolute Gasteiger partial charge is 0.248 e. The highest BCUT2D eigenvalue weighted by atomic mass is 127. The predicted molar refractivity (Wildman–Crippen MR) is 122 cm³/mol. The van der Waals surface area contributed by atoms with Gasteiger partial charge < -0.3 is 29.9 Å². The molecule has 2 amide bonds. The van der Waals surface area contributed by atoms with Crippen molar-refractivity contribution in [3.05, 3.63) is 39.5 Å². The SMILES string of the molecule is COCC(=O)N(CC1CC1)C1CC(C(=O)NCCO)=CC(Oc2ccccc2I)C1O. The number of ether oxygens (including phenoxy) is 2. The summed E-state index contributed by atoms with van der Waals surface area (Å²) in [5, 5.41) is 22.9. The van der Waals surface area contributed by atoms with Gasteiger partial charge in [0.2, 0.25) is 11.8 Å². The maximum atomic E-state index is 12.8. The second kappa shape index (κ2) is 11.3. The number of hydrogen-bond donors (Lipinski definition) is 3. The van der Waals surface area contributed by atoms with Crippen LogP contribution in [0.3, 0.4) is 0 Å². The van der Waals surface area contributed by atoms with Crippen molar-refractivity contribution in [1.82, 2.24) is 10.2 Å². The zero-order chi connectivity index (χ0) is 22.4. The Morgan fingerprint density at radius 1 is 1.29 bits per heavy atom. The zero-order valence-corrected chi connectivity index (χ0v) is 19.7.